The van der Waals surface area contributed by atoms with Gasteiger partial charge < -0.3 is 15.4 Å². The van der Waals surface area contributed by atoms with E-state index in [1.54, 1.807) is 0 Å². The molecule has 0 amide bonds. The number of hydrogen-bond donors (Lipinski definition) is 3. The standard InChI is InChI=1S/C16H22ClN3O/c1-2-3-9-15-19-13(16(17)20-15)10-18-14(11-21)12-7-5-4-6-8-12/h4-8,14,18,21H,2-3,9-11H2,1H3,(H,19,20)/t14-/m1/s1. The molecular formula is C16H22ClN3O. The number of benzene rings is 1. The van der Waals surface area contributed by atoms with Crippen molar-refractivity contribution in [2.45, 2.75) is 38.8 Å². The molecule has 0 fully saturated rings. The lowest BCUT2D eigenvalue weighted by molar-refractivity contribution is 0.243. The number of nitrogens with zero attached hydrogens (tertiary/aromatic N) is 1. The molecule has 1 aromatic carbocycles. The van der Waals surface area contributed by atoms with E-state index >= 15 is 0 Å². The van der Waals surface area contributed by atoms with Crippen LogP contribution in [0.1, 0.15) is 42.9 Å². The molecule has 4 nitrogen and oxygen atoms in total. The van der Waals surface area contributed by atoms with Crippen molar-refractivity contribution in [1.82, 2.24) is 15.3 Å². The Labute approximate surface area is 130 Å². The summed E-state index contributed by atoms with van der Waals surface area (Å²) in [6, 6.07) is 9.77. The highest BCUT2D eigenvalue weighted by atomic mass is 35.5. The molecule has 0 aliphatic heterocycles. The van der Waals surface area contributed by atoms with Gasteiger partial charge in [-0.1, -0.05) is 55.3 Å². The van der Waals surface area contributed by atoms with Gasteiger partial charge in [0.2, 0.25) is 0 Å². The Morgan fingerprint density at radius 3 is 2.76 bits per heavy atom. The second kappa shape index (κ2) is 8.17. The number of aryl methyl sites for hydroxylation is 1. The maximum atomic E-state index is 9.53. The predicted molar refractivity (Wildman–Crippen MR) is 85.3 cm³/mol. The van der Waals surface area contributed by atoms with Crippen molar-refractivity contribution >= 4 is 11.6 Å². The Hall–Kier alpha value is -1.36. The molecule has 0 saturated heterocycles. The largest absolute Gasteiger partial charge is 0.394 e. The number of imidazole rings is 1. The van der Waals surface area contributed by atoms with E-state index in [1.807, 2.05) is 30.3 Å². The van der Waals surface area contributed by atoms with Gasteiger partial charge in [-0.3, -0.25) is 0 Å². The summed E-state index contributed by atoms with van der Waals surface area (Å²) < 4.78 is 0. The van der Waals surface area contributed by atoms with Gasteiger partial charge in [-0.25, -0.2) is 4.98 Å². The average molecular weight is 308 g/mol. The quantitative estimate of drug-likeness (QED) is 0.701. The number of hydrogen-bond acceptors (Lipinski definition) is 3. The molecule has 0 radical (unpaired) electrons. The average Bonchev–Trinajstić information content (AvgIpc) is 2.87. The Kier molecular flexibility index (Phi) is 6.23. The summed E-state index contributed by atoms with van der Waals surface area (Å²) >= 11 is 6.15. The van der Waals surface area contributed by atoms with Crippen LogP contribution in [0.3, 0.4) is 0 Å². The lowest BCUT2D eigenvalue weighted by Crippen LogP contribution is -2.24. The number of aromatic amines is 1. The smallest absolute Gasteiger partial charge is 0.151 e. The fourth-order valence-corrected chi connectivity index (χ4v) is 2.43. The molecule has 1 atom stereocenters. The zero-order valence-electron chi connectivity index (χ0n) is 12.3. The van der Waals surface area contributed by atoms with E-state index < -0.39 is 0 Å². The van der Waals surface area contributed by atoms with Crippen LogP contribution in [-0.4, -0.2) is 21.7 Å². The minimum atomic E-state index is -0.107. The second-order valence-corrected chi connectivity index (χ2v) is 5.44. The van der Waals surface area contributed by atoms with Gasteiger partial charge >= 0.3 is 0 Å². The SMILES string of the molecule is CCCCc1nc(Cl)c(CN[C@H](CO)c2ccccc2)[nH]1. The molecular weight excluding hydrogens is 286 g/mol. The van der Waals surface area contributed by atoms with Crippen molar-refractivity contribution in [2.75, 3.05) is 6.61 Å². The summed E-state index contributed by atoms with van der Waals surface area (Å²) in [6.45, 7) is 2.75. The van der Waals surface area contributed by atoms with Crippen molar-refractivity contribution in [2.24, 2.45) is 0 Å². The Morgan fingerprint density at radius 1 is 1.33 bits per heavy atom. The van der Waals surface area contributed by atoms with E-state index in [4.69, 9.17) is 11.6 Å². The van der Waals surface area contributed by atoms with E-state index in [1.165, 1.54) is 0 Å². The first-order valence-electron chi connectivity index (χ1n) is 7.37. The van der Waals surface area contributed by atoms with E-state index in [-0.39, 0.29) is 12.6 Å². The second-order valence-electron chi connectivity index (χ2n) is 5.08. The van der Waals surface area contributed by atoms with E-state index in [0.29, 0.717) is 11.7 Å². The summed E-state index contributed by atoms with van der Waals surface area (Å²) in [6.07, 6.45) is 3.14. The van der Waals surface area contributed by atoms with Crippen LogP contribution in [0.4, 0.5) is 0 Å². The van der Waals surface area contributed by atoms with Crippen LogP contribution >= 0.6 is 11.6 Å². The summed E-state index contributed by atoms with van der Waals surface area (Å²) in [5.74, 6) is 0.930. The number of aromatic nitrogens is 2. The van der Waals surface area contributed by atoms with Crippen molar-refractivity contribution in [1.29, 1.82) is 0 Å². The molecule has 21 heavy (non-hydrogen) atoms. The van der Waals surface area contributed by atoms with Crippen molar-refractivity contribution in [3.05, 3.63) is 52.6 Å². The van der Waals surface area contributed by atoms with E-state index in [9.17, 15) is 5.11 Å². The fourth-order valence-electron chi connectivity index (χ4n) is 2.22. The topological polar surface area (TPSA) is 60.9 Å². The minimum Gasteiger partial charge on any atom is -0.394 e. The molecule has 0 bridgehead atoms. The van der Waals surface area contributed by atoms with Crippen molar-refractivity contribution < 1.29 is 5.11 Å². The number of rotatable bonds is 8. The molecule has 2 rings (SSSR count). The normalized spacial score (nSPS) is 12.5. The molecule has 0 saturated carbocycles. The van der Waals surface area contributed by atoms with Gasteiger partial charge in [-0.2, -0.15) is 0 Å². The molecule has 0 aliphatic rings. The van der Waals surface area contributed by atoms with Gasteiger partial charge in [0.05, 0.1) is 18.3 Å². The van der Waals surface area contributed by atoms with Crippen LogP contribution in [0, 0.1) is 0 Å². The van der Waals surface area contributed by atoms with Gasteiger partial charge in [-0.15, -0.1) is 0 Å². The number of aliphatic hydroxyl groups is 1. The van der Waals surface area contributed by atoms with Crippen LogP contribution in [-0.2, 0) is 13.0 Å². The van der Waals surface area contributed by atoms with Gasteiger partial charge in [-0.05, 0) is 12.0 Å². The van der Waals surface area contributed by atoms with Crippen LogP contribution in [0.5, 0.6) is 0 Å². The van der Waals surface area contributed by atoms with Gasteiger partial charge in [0, 0.05) is 13.0 Å². The molecule has 5 heteroatoms. The zero-order valence-corrected chi connectivity index (χ0v) is 13.0. The first kappa shape index (κ1) is 16.0. The molecule has 114 valence electrons. The number of halogens is 1. The highest BCUT2D eigenvalue weighted by molar-refractivity contribution is 6.30. The van der Waals surface area contributed by atoms with Crippen LogP contribution < -0.4 is 5.32 Å². The Balaban J connectivity index is 1.96. The first-order chi connectivity index (χ1) is 10.2. The molecule has 0 unspecified atom stereocenters. The number of H-pyrrole nitrogens is 1. The maximum absolute atomic E-state index is 9.53. The molecule has 1 aromatic heterocycles. The number of unbranched alkanes of at least 4 members (excludes halogenated alkanes) is 1. The van der Waals surface area contributed by atoms with Crippen molar-refractivity contribution in [3.63, 3.8) is 0 Å². The lowest BCUT2D eigenvalue weighted by atomic mass is 10.1. The highest BCUT2D eigenvalue weighted by Crippen LogP contribution is 2.17. The third-order valence-electron chi connectivity index (χ3n) is 3.45. The predicted octanol–water partition coefficient (Wildman–Crippen LogP) is 3.23. The van der Waals surface area contributed by atoms with Crippen LogP contribution in [0.2, 0.25) is 5.15 Å². The number of aliphatic hydroxyl groups excluding tert-OH is 1. The molecule has 1 heterocycles. The van der Waals surface area contributed by atoms with Gasteiger partial charge in [0.25, 0.3) is 0 Å². The highest BCUT2D eigenvalue weighted by Gasteiger charge is 2.12. The minimum absolute atomic E-state index is 0.0401. The molecule has 3 N–H and O–H groups in total. The Morgan fingerprint density at radius 2 is 2.10 bits per heavy atom. The summed E-state index contributed by atoms with van der Waals surface area (Å²) in [7, 11) is 0. The first-order valence-corrected chi connectivity index (χ1v) is 7.74. The van der Waals surface area contributed by atoms with Gasteiger partial charge in [0.15, 0.2) is 5.15 Å². The third kappa shape index (κ3) is 4.56. The molecule has 2 aromatic rings. The summed E-state index contributed by atoms with van der Waals surface area (Å²) in [5, 5.41) is 13.3. The third-order valence-corrected chi connectivity index (χ3v) is 3.77. The fraction of sp³-hybridized carbons (Fsp3) is 0.438. The van der Waals surface area contributed by atoms with E-state index in [0.717, 1.165) is 36.3 Å². The van der Waals surface area contributed by atoms with E-state index in [2.05, 4.69) is 22.2 Å². The lowest BCUT2D eigenvalue weighted by Gasteiger charge is -2.16. The van der Waals surface area contributed by atoms with Gasteiger partial charge in [0.1, 0.15) is 5.82 Å². The van der Waals surface area contributed by atoms with Crippen molar-refractivity contribution in [3.8, 4) is 0 Å². The van der Waals surface area contributed by atoms with Crippen LogP contribution in [0.15, 0.2) is 30.3 Å². The monoisotopic (exact) mass is 307 g/mol. The Bertz CT molecular complexity index is 542. The maximum Gasteiger partial charge on any atom is 0.151 e. The molecule has 0 aliphatic carbocycles. The molecule has 0 spiro atoms. The summed E-state index contributed by atoms with van der Waals surface area (Å²) in [4.78, 5) is 7.59. The zero-order chi connectivity index (χ0) is 15.1. The summed E-state index contributed by atoms with van der Waals surface area (Å²) in [5.41, 5.74) is 1.93. The number of nitrogens with one attached hydrogen (secondary N) is 2. The van der Waals surface area contributed by atoms with Crippen LogP contribution in [0.25, 0.3) is 0 Å².